The smallest absolute Gasteiger partial charge is 0.335 e. The van der Waals surface area contributed by atoms with Crippen molar-refractivity contribution in [3.8, 4) is 11.5 Å². The van der Waals surface area contributed by atoms with E-state index in [4.69, 9.17) is 9.84 Å². The third-order valence-electron chi connectivity index (χ3n) is 6.02. The van der Waals surface area contributed by atoms with Crippen molar-refractivity contribution in [3.05, 3.63) is 95.6 Å². The van der Waals surface area contributed by atoms with E-state index in [1.165, 1.54) is 5.56 Å². The lowest BCUT2D eigenvalue weighted by Gasteiger charge is -2.30. The number of aromatic carboxylic acids is 1. The molecule has 32 heavy (non-hydrogen) atoms. The first-order valence-electron chi connectivity index (χ1n) is 11.3. The minimum Gasteiger partial charge on any atom is -0.478 e. The zero-order valence-electron chi connectivity index (χ0n) is 18.2. The van der Waals surface area contributed by atoms with Crippen LogP contribution in [0.25, 0.3) is 0 Å². The minimum absolute atomic E-state index is 0.332. The number of carboxylic acids is 1. The summed E-state index contributed by atoms with van der Waals surface area (Å²) in [6.07, 6.45) is 4.61. The van der Waals surface area contributed by atoms with Gasteiger partial charge < -0.3 is 20.5 Å². The van der Waals surface area contributed by atoms with Crippen LogP contribution >= 0.6 is 0 Å². The molecule has 0 unspecified atom stereocenters. The molecule has 1 fully saturated rings. The molecule has 166 valence electrons. The Morgan fingerprint density at radius 1 is 0.719 bits per heavy atom. The first-order valence-corrected chi connectivity index (χ1v) is 11.3. The van der Waals surface area contributed by atoms with Gasteiger partial charge in [0.2, 0.25) is 0 Å². The molecule has 3 aromatic carbocycles. The molecular formula is C27H30N2O3. The largest absolute Gasteiger partial charge is 0.478 e. The molecule has 1 aliphatic rings. The maximum atomic E-state index is 10.9. The number of benzene rings is 3. The molecule has 3 N–H and O–H groups in total. The molecule has 0 amide bonds. The monoisotopic (exact) mass is 430 g/mol. The molecule has 0 radical (unpaired) electrons. The molecule has 5 nitrogen and oxygen atoms in total. The van der Waals surface area contributed by atoms with E-state index in [2.05, 4.69) is 22.8 Å². The SMILES string of the molecule is O=C(O)c1ccc(CNC2CCC(NCc3ccc(Oc4ccccc4)cc3)CC2)cc1. The van der Waals surface area contributed by atoms with Crippen LogP contribution in [0.4, 0.5) is 0 Å². The Morgan fingerprint density at radius 2 is 1.19 bits per heavy atom. The summed E-state index contributed by atoms with van der Waals surface area (Å²) in [5, 5.41) is 16.3. The van der Waals surface area contributed by atoms with E-state index in [1.807, 2.05) is 54.6 Å². The van der Waals surface area contributed by atoms with Gasteiger partial charge in [-0.05, 0) is 73.2 Å². The van der Waals surface area contributed by atoms with E-state index >= 15 is 0 Å². The topological polar surface area (TPSA) is 70.6 Å². The summed E-state index contributed by atoms with van der Waals surface area (Å²) in [5.74, 6) is 0.817. The number of nitrogens with one attached hydrogen (secondary N) is 2. The highest BCUT2D eigenvalue weighted by molar-refractivity contribution is 5.87. The number of carboxylic acid groups (broad SMARTS) is 1. The van der Waals surface area contributed by atoms with E-state index in [9.17, 15) is 4.79 Å². The fourth-order valence-corrected chi connectivity index (χ4v) is 4.09. The predicted molar refractivity (Wildman–Crippen MR) is 126 cm³/mol. The number of ether oxygens (including phenoxy) is 1. The van der Waals surface area contributed by atoms with Crippen LogP contribution in [-0.4, -0.2) is 23.2 Å². The lowest BCUT2D eigenvalue weighted by Crippen LogP contribution is -2.39. The lowest BCUT2D eigenvalue weighted by atomic mass is 9.91. The van der Waals surface area contributed by atoms with E-state index in [1.54, 1.807) is 12.1 Å². The average molecular weight is 431 g/mol. The molecule has 0 heterocycles. The second kappa shape index (κ2) is 10.9. The number of hydrogen-bond donors (Lipinski definition) is 3. The van der Waals surface area contributed by atoms with Crippen molar-refractivity contribution in [2.75, 3.05) is 0 Å². The maximum absolute atomic E-state index is 10.9. The highest BCUT2D eigenvalue weighted by Crippen LogP contribution is 2.22. The normalized spacial score (nSPS) is 18.2. The summed E-state index contributed by atoms with van der Waals surface area (Å²) in [6, 6.07) is 26.3. The Hall–Kier alpha value is -3.15. The number of hydrogen-bond acceptors (Lipinski definition) is 4. The fraction of sp³-hybridized carbons (Fsp3) is 0.296. The van der Waals surface area contributed by atoms with Gasteiger partial charge in [-0.2, -0.15) is 0 Å². The summed E-state index contributed by atoms with van der Waals surface area (Å²) in [6.45, 7) is 1.64. The molecular weight excluding hydrogens is 400 g/mol. The van der Waals surface area contributed by atoms with Crippen molar-refractivity contribution in [3.63, 3.8) is 0 Å². The lowest BCUT2D eigenvalue weighted by molar-refractivity contribution is 0.0697. The van der Waals surface area contributed by atoms with Crippen LogP contribution in [0.5, 0.6) is 11.5 Å². The highest BCUT2D eigenvalue weighted by Gasteiger charge is 2.20. The summed E-state index contributed by atoms with van der Waals surface area (Å²) in [5.41, 5.74) is 2.71. The maximum Gasteiger partial charge on any atom is 0.335 e. The van der Waals surface area contributed by atoms with Crippen molar-refractivity contribution in [2.24, 2.45) is 0 Å². The van der Waals surface area contributed by atoms with Gasteiger partial charge in [0, 0.05) is 25.2 Å². The van der Waals surface area contributed by atoms with Gasteiger partial charge in [-0.25, -0.2) is 4.79 Å². The molecule has 5 heteroatoms. The van der Waals surface area contributed by atoms with Gasteiger partial charge >= 0.3 is 5.97 Å². The average Bonchev–Trinajstić information content (AvgIpc) is 2.84. The van der Waals surface area contributed by atoms with Gasteiger partial charge in [-0.3, -0.25) is 0 Å². The van der Waals surface area contributed by atoms with Crippen molar-refractivity contribution in [1.82, 2.24) is 10.6 Å². The van der Waals surface area contributed by atoms with Crippen molar-refractivity contribution in [2.45, 2.75) is 50.9 Å². The van der Waals surface area contributed by atoms with E-state index in [0.717, 1.165) is 55.8 Å². The second-order valence-corrected chi connectivity index (χ2v) is 8.37. The summed E-state index contributed by atoms with van der Waals surface area (Å²) in [4.78, 5) is 10.9. The second-order valence-electron chi connectivity index (χ2n) is 8.37. The third-order valence-corrected chi connectivity index (χ3v) is 6.02. The van der Waals surface area contributed by atoms with Crippen LogP contribution in [0.2, 0.25) is 0 Å². The van der Waals surface area contributed by atoms with E-state index < -0.39 is 5.97 Å². The van der Waals surface area contributed by atoms with Gasteiger partial charge in [-0.1, -0.05) is 42.5 Å². The van der Waals surface area contributed by atoms with Crippen LogP contribution < -0.4 is 15.4 Å². The molecule has 1 aliphatic carbocycles. The standard InChI is InChI=1S/C27H30N2O3/c30-27(31)22-10-6-20(7-11-22)18-28-23-12-14-24(15-13-23)29-19-21-8-16-26(17-9-21)32-25-4-2-1-3-5-25/h1-11,16-17,23-24,28-29H,12-15,18-19H2,(H,30,31). The Balaban J connectivity index is 1.15. The van der Waals surface area contributed by atoms with Crippen molar-refractivity contribution < 1.29 is 14.6 Å². The molecule has 0 aliphatic heterocycles. The summed E-state index contributed by atoms with van der Waals surface area (Å²) < 4.78 is 5.86. The van der Waals surface area contributed by atoms with Gasteiger partial charge in [0.05, 0.1) is 5.56 Å². The molecule has 0 atom stereocenters. The van der Waals surface area contributed by atoms with Gasteiger partial charge in [0.1, 0.15) is 11.5 Å². The number of carbonyl (C=O) groups is 1. The quantitative estimate of drug-likeness (QED) is 0.426. The van der Waals surface area contributed by atoms with E-state index in [0.29, 0.717) is 17.6 Å². The first-order chi connectivity index (χ1) is 15.7. The van der Waals surface area contributed by atoms with E-state index in [-0.39, 0.29) is 0 Å². The summed E-state index contributed by atoms with van der Waals surface area (Å²) >= 11 is 0. The number of rotatable bonds is 9. The van der Waals surface area contributed by atoms with Crippen molar-refractivity contribution >= 4 is 5.97 Å². The van der Waals surface area contributed by atoms with Gasteiger partial charge in [0.15, 0.2) is 0 Å². The molecule has 1 saturated carbocycles. The first kappa shape index (κ1) is 22.1. The third kappa shape index (κ3) is 6.42. The molecule has 0 bridgehead atoms. The molecule has 0 aromatic heterocycles. The molecule has 3 aromatic rings. The molecule has 4 rings (SSSR count). The fourth-order valence-electron chi connectivity index (χ4n) is 4.09. The van der Waals surface area contributed by atoms with Crippen LogP contribution in [0.1, 0.15) is 47.2 Å². The van der Waals surface area contributed by atoms with Crippen LogP contribution in [-0.2, 0) is 13.1 Å². The van der Waals surface area contributed by atoms with Crippen LogP contribution in [0.15, 0.2) is 78.9 Å². The van der Waals surface area contributed by atoms with Crippen molar-refractivity contribution in [1.29, 1.82) is 0 Å². The zero-order valence-corrected chi connectivity index (χ0v) is 18.2. The Labute approximate surface area is 189 Å². The summed E-state index contributed by atoms with van der Waals surface area (Å²) in [7, 11) is 0. The number of para-hydroxylation sites is 1. The van der Waals surface area contributed by atoms with Crippen LogP contribution in [0, 0.1) is 0 Å². The Bertz CT molecular complexity index is 980. The molecule has 0 spiro atoms. The predicted octanol–water partition coefficient (Wildman–Crippen LogP) is 5.37. The van der Waals surface area contributed by atoms with Gasteiger partial charge in [-0.15, -0.1) is 0 Å². The van der Waals surface area contributed by atoms with Crippen LogP contribution in [0.3, 0.4) is 0 Å². The Kier molecular flexibility index (Phi) is 7.54. The van der Waals surface area contributed by atoms with Gasteiger partial charge in [0.25, 0.3) is 0 Å². The Morgan fingerprint density at radius 3 is 1.69 bits per heavy atom. The zero-order chi connectivity index (χ0) is 22.2. The highest BCUT2D eigenvalue weighted by atomic mass is 16.5. The minimum atomic E-state index is -0.883. The molecule has 0 saturated heterocycles.